The van der Waals surface area contributed by atoms with Gasteiger partial charge < -0.3 is 5.32 Å². The summed E-state index contributed by atoms with van der Waals surface area (Å²) >= 11 is 2.96. The molecule has 1 atom stereocenters. The summed E-state index contributed by atoms with van der Waals surface area (Å²) < 4.78 is 1.68. The van der Waals surface area contributed by atoms with Crippen LogP contribution in [-0.4, -0.2) is 21.2 Å². The molecular weight excluding hydrogens is 486 g/mol. The predicted octanol–water partition coefficient (Wildman–Crippen LogP) is 6.43. The minimum Gasteiger partial charge on any atom is -0.325 e. The van der Waals surface area contributed by atoms with Gasteiger partial charge in [-0.2, -0.15) is 0 Å². The van der Waals surface area contributed by atoms with E-state index in [1.165, 1.54) is 22.2 Å². The van der Waals surface area contributed by atoms with Crippen LogP contribution in [0.15, 0.2) is 58.5 Å². The van der Waals surface area contributed by atoms with Gasteiger partial charge in [-0.15, -0.1) is 11.3 Å². The maximum Gasteiger partial charge on any atom is 0.267 e. The molecule has 1 unspecified atom stereocenters. The van der Waals surface area contributed by atoms with Crippen LogP contribution in [0.2, 0.25) is 0 Å². The van der Waals surface area contributed by atoms with Crippen LogP contribution < -0.4 is 10.9 Å². The van der Waals surface area contributed by atoms with Crippen molar-refractivity contribution in [3.8, 4) is 5.69 Å². The number of anilines is 1. The molecule has 1 aliphatic rings. The Morgan fingerprint density at radius 2 is 1.83 bits per heavy atom. The molecule has 7 heteroatoms. The number of fused-ring (bicyclic) bond motifs is 3. The molecule has 4 aromatic rings. The van der Waals surface area contributed by atoms with Crippen LogP contribution in [-0.2, 0) is 30.5 Å². The highest BCUT2D eigenvalue weighted by molar-refractivity contribution is 7.99. The van der Waals surface area contributed by atoms with Crippen LogP contribution in [0.4, 0.5) is 5.69 Å². The number of amides is 1. The minimum atomic E-state index is -0.0937. The highest BCUT2D eigenvalue weighted by atomic mass is 32.2. The molecule has 1 N–H and O–H groups in total. The number of para-hydroxylation sites is 2. The molecule has 5 rings (SSSR count). The molecule has 1 amide bonds. The molecule has 0 fully saturated rings. The van der Waals surface area contributed by atoms with Crippen LogP contribution in [0, 0.1) is 5.92 Å². The van der Waals surface area contributed by atoms with E-state index in [1.807, 2.05) is 36.4 Å². The van der Waals surface area contributed by atoms with E-state index in [1.54, 1.807) is 15.9 Å². The summed E-state index contributed by atoms with van der Waals surface area (Å²) in [7, 11) is 0. The quantitative estimate of drug-likeness (QED) is 0.227. The summed E-state index contributed by atoms with van der Waals surface area (Å²) in [5.74, 6) is 0.705. The van der Waals surface area contributed by atoms with Crippen LogP contribution in [0.3, 0.4) is 0 Å². The summed E-state index contributed by atoms with van der Waals surface area (Å²) in [6.45, 7) is 6.46. The fourth-order valence-corrected chi connectivity index (χ4v) is 7.22. The van der Waals surface area contributed by atoms with E-state index >= 15 is 0 Å². The average Bonchev–Trinajstić information content (AvgIpc) is 3.25. The Kier molecular flexibility index (Phi) is 7.30. The molecule has 1 aliphatic carbocycles. The van der Waals surface area contributed by atoms with Crippen LogP contribution >= 0.6 is 23.1 Å². The van der Waals surface area contributed by atoms with Gasteiger partial charge in [-0.25, -0.2) is 4.98 Å². The number of thioether (sulfide) groups is 1. The average molecular weight is 518 g/mol. The summed E-state index contributed by atoms with van der Waals surface area (Å²) in [5, 5.41) is 4.44. The van der Waals surface area contributed by atoms with Gasteiger partial charge >= 0.3 is 0 Å². The molecule has 2 aromatic carbocycles. The lowest BCUT2D eigenvalue weighted by molar-refractivity contribution is -0.113. The minimum absolute atomic E-state index is 0.0363. The van der Waals surface area contributed by atoms with E-state index in [-0.39, 0.29) is 17.2 Å². The van der Waals surface area contributed by atoms with Gasteiger partial charge in [0, 0.05) is 10.6 Å². The van der Waals surface area contributed by atoms with Crippen molar-refractivity contribution in [2.24, 2.45) is 5.92 Å². The van der Waals surface area contributed by atoms with Gasteiger partial charge in [-0.05, 0) is 66.8 Å². The molecule has 186 valence electrons. The number of benzene rings is 2. The number of carbonyl (C=O) groups is 1. The van der Waals surface area contributed by atoms with Crippen LogP contribution in [0.1, 0.15) is 48.8 Å². The fraction of sp³-hybridized carbons (Fsp3) is 0.345. The third kappa shape index (κ3) is 4.74. The van der Waals surface area contributed by atoms with Crippen molar-refractivity contribution in [3.05, 3.63) is 80.5 Å². The second kappa shape index (κ2) is 10.6. The third-order valence-corrected chi connectivity index (χ3v) is 9.00. The number of rotatable bonds is 7. The van der Waals surface area contributed by atoms with E-state index in [2.05, 4.69) is 38.2 Å². The zero-order chi connectivity index (χ0) is 25.2. The van der Waals surface area contributed by atoms with E-state index < -0.39 is 0 Å². The SMILES string of the molecule is CCc1cccc(CC)c1NC(=O)CSc1nc2sc3c(c2c(=O)n1-c1ccccc1)CCC(C)C3. The summed E-state index contributed by atoms with van der Waals surface area (Å²) in [6, 6.07) is 15.8. The standard InChI is InChI=1S/C29H31N3O2S2/c1-4-19-10-9-11-20(5-2)26(19)30-24(33)17-35-29-31-27-25(22-15-14-18(3)16-23(22)36-27)28(34)32(29)21-12-7-6-8-13-21/h6-13,18H,4-5,14-17H2,1-3H3,(H,30,33). The van der Waals surface area contributed by atoms with E-state index in [0.29, 0.717) is 11.1 Å². The van der Waals surface area contributed by atoms with Crippen molar-refractivity contribution < 1.29 is 4.79 Å². The van der Waals surface area contributed by atoms with Crippen molar-refractivity contribution in [1.82, 2.24) is 9.55 Å². The van der Waals surface area contributed by atoms with Gasteiger partial charge in [0.1, 0.15) is 4.83 Å². The second-order valence-electron chi connectivity index (χ2n) is 9.40. The Balaban J connectivity index is 1.50. The molecule has 2 aromatic heterocycles. The topological polar surface area (TPSA) is 64.0 Å². The summed E-state index contributed by atoms with van der Waals surface area (Å²) in [5.41, 5.74) is 5.09. The van der Waals surface area contributed by atoms with Crippen LogP contribution in [0.25, 0.3) is 15.9 Å². The number of carbonyl (C=O) groups excluding carboxylic acids is 1. The van der Waals surface area contributed by atoms with Gasteiger partial charge in [0.2, 0.25) is 5.91 Å². The van der Waals surface area contributed by atoms with Crippen molar-refractivity contribution in [1.29, 1.82) is 0 Å². The van der Waals surface area contributed by atoms with E-state index in [0.717, 1.165) is 64.8 Å². The van der Waals surface area contributed by atoms with Gasteiger partial charge in [-0.3, -0.25) is 14.2 Å². The zero-order valence-electron chi connectivity index (χ0n) is 21.0. The van der Waals surface area contributed by atoms with Crippen molar-refractivity contribution in [3.63, 3.8) is 0 Å². The predicted molar refractivity (Wildman–Crippen MR) is 151 cm³/mol. The number of thiophene rings is 1. The Morgan fingerprint density at radius 3 is 2.53 bits per heavy atom. The van der Waals surface area contributed by atoms with Crippen molar-refractivity contribution in [2.45, 2.75) is 58.0 Å². The highest BCUT2D eigenvalue weighted by Gasteiger charge is 2.25. The van der Waals surface area contributed by atoms with E-state index in [4.69, 9.17) is 4.98 Å². The van der Waals surface area contributed by atoms with Gasteiger partial charge in [0.15, 0.2) is 5.16 Å². The smallest absolute Gasteiger partial charge is 0.267 e. The summed E-state index contributed by atoms with van der Waals surface area (Å²) in [6.07, 6.45) is 4.73. The Morgan fingerprint density at radius 1 is 1.11 bits per heavy atom. The number of aryl methyl sites for hydroxylation is 3. The molecule has 0 aliphatic heterocycles. The number of hydrogen-bond donors (Lipinski definition) is 1. The molecule has 0 saturated heterocycles. The lowest BCUT2D eigenvalue weighted by atomic mass is 9.89. The monoisotopic (exact) mass is 517 g/mol. The number of nitrogens with zero attached hydrogens (tertiary/aromatic N) is 2. The lowest BCUT2D eigenvalue weighted by Gasteiger charge is -2.18. The Labute approximate surface area is 220 Å². The zero-order valence-corrected chi connectivity index (χ0v) is 22.6. The molecule has 0 spiro atoms. The number of nitrogens with one attached hydrogen (secondary N) is 1. The van der Waals surface area contributed by atoms with Gasteiger partial charge in [0.25, 0.3) is 5.56 Å². The molecule has 0 saturated carbocycles. The first kappa shape index (κ1) is 24.8. The first-order valence-corrected chi connectivity index (χ1v) is 14.5. The van der Waals surface area contributed by atoms with Crippen molar-refractivity contribution >= 4 is 44.9 Å². The van der Waals surface area contributed by atoms with Gasteiger partial charge in [0.05, 0.1) is 16.8 Å². The summed E-state index contributed by atoms with van der Waals surface area (Å²) in [4.78, 5) is 34.0. The first-order chi connectivity index (χ1) is 17.5. The molecule has 0 bridgehead atoms. The normalized spacial score (nSPS) is 15.1. The lowest BCUT2D eigenvalue weighted by Crippen LogP contribution is -2.23. The van der Waals surface area contributed by atoms with Gasteiger partial charge in [-0.1, -0.05) is 68.9 Å². The molecule has 2 heterocycles. The molecular formula is C29H31N3O2S2. The van der Waals surface area contributed by atoms with Crippen molar-refractivity contribution in [2.75, 3.05) is 11.1 Å². The highest BCUT2D eigenvalue weighted by Crippen LogP contribution is 2.37. The molecule has 5 nitrogen and oxygen atoms in total. The maximum atomic E-state index is 13.9. The number of hydrogen-bond acceptors (Lipinski definition) is 5. The van der Waals surface area contributed by atoms with Crippen LogP contribution in [0.5, 0.6) is 0 Å². The maximum absolute atomic E-state index is 13.9. The first-order valence-electron chi connectivity index (χ1n) is 12.7. The number of aromatic nitrogens is 2. The van der Waals surface area contributed by atoms with E-state index in [9.17, 15) is 9.59 Å². The second-order valence-corrected chi connectivity index (χ2v) is 11.4. The largest absolute Gasteiger partial charge is 0.325 e. The Bertz CT molecular complexity index is 1450. The molecule has 0 radical (unpaired) electrons. The Hall–Kier alpha value is -2.90. The fourth-order valence-electron chi connectivity index (χ4n) is 4.98. The molecule has 36 heavy (non-hydrogen) atoms. The third-order valence-electron chi connectivity index (χ3n) is 6.91.